The lowest BCUT2D eigenvalue weighted by Crippen LogP contribution is -2.08. The van der Waals surface area contributed by atoms with Gasteiger partial charge in [-0.25, -0.2) is 0 Å². The number of anilines is 1. The number of ether oxygens (including phenoxy) is 1. The second-order valence-corrected chi connectivity index (χ2v) is 4.06. The van der Waals surface area contributed by atoms with Crippen molar-refractivity contribution in [1.82, 2.24) is 10.2 Å². The molecule has 0 spiro atoms. The summed E-state index contributed by atoms with van der Waals surface area (Å²) in [5, 5.41) is 7.76. The Balaban J connectivity index is 2.25. The summed E-state index contributed by atoms with van der Waals surface area (Å²) in [5.74, 6) is 1.17. The molecule has 0 fully saturated rings. The van der Waals surface area contributed by atoms with Crippen molar-refractivity contribution in [3.63, 3.8) is 0 Å². The molecule has 5 heteroatoms. The first-order chi connectivity index (χ1) is 8.70. The second-order valence-electron chi connectivity index (χ2n) is 4.06. The minimum Gasteiger partial charge on any atom is -0.437 e. The summed E-state index contributed by atoms with van der Waals surface area (Å²) in [6, 6.07) is 9.56. The van der Waals surface area contributed by atoms with Gasteiger partial charge in [0.1, 0.15) is 5.75 Å². The molecule has 0 bridgehead atoms. The first-order valence-corrected chi connectivity index (χ1v) is 5.66. The summed E-state index contributed by atoms with van der Waals surface area (Å²) in [4.78, 5) is 2.01. The molecule has 94 valence electrons. The Morgan fingerprint density at radius 2 is 2.11 bits per heavy atom. The monoisotopic (exact) mass is 244 g/mol. The van der Waals surface area contributed by atoms with E-state index in [4.69, 9.17) is 10.5 Å². The van der Waals surface area contributed by atoms with Crippen LogP contribution in [0.25, 0.3) is 0 Å². The van der Waals surface area contributed by atoms with Crippen LogP contribution in [-0.4, -0.2) is 24.3 Å². The molecular formula is C13H16N4O. The summed E-state index contributed by atoms with van der Waals surface area (Å²) in [7, 11) is 3.96. The Labute approximate surface area is 106 Å². The normalized spacial score (nSPS) is 10.2. The highest BCUT2D eigenvalue weighted by atomic mass is 16.5. The lowest BCUT2D eigenvalue weighted by molar-refractivity contribution is 0.448. The van der Waals surface area contributed by atoms with Crippen LogP contribution >= 0.6 is 0 Å². The number of nitrogens with zero attached hydrogens (tertiary/aromatic N) is 3. The molecule has 0 atom stereocenters. The van der Waals surface area contributed by atoms with E-state index >= 15 is 0 Å². The van der Waals surface area contributed by atoms with Crippen LogP contribution in [0.5, 0.6) is 11.6 Å². The Bertz CT molecular complexity index is 528. The van der Waals surface area contributed by atoms with E-state index in [1.54, 1.807) is 12.3 Å². The molecule has 0 radical (unpaired) electrons. The van der Waals surface area contributed by atoms with Gasteiger partial charge in [-0.15, -0.1) is 5.10 Å². The van der Waals surface area contributed by atoms with E-state index in [2.05, 4.69) is 10.2 Å². The molecule has 18 heavy (non-hydrogen) atoms. The third-order valence-electron chi connectivity index (χ3n) is 2.53. The van der Waals surface area contributed by atoms with Gasteiger partial charge in [-0.3, -0.25) is 0 Å². The molecule has 0 saturated carbocycles. The maximum Gasteiger partial charge on any atom is 0.243 e. The van der Waals surface area contributed by atoms with E-state index in [9.17, 15) is 0 Å². The first kappa shape index (κ1) is 12.3. The van der Waals surface area contributed by atoms with Gasteiger partial charge in [-0.2, -0.15) is 5.10 Å². The zero-order valence-corrected chi connectivity index (χ0v) is 10.5. The van der Waals surface area contributed by atoms with E-state index in [-0.39, 0.29) is 0 Å². The number of hydrogen-bond acceptors (Lipinski definition) is 5. The second kappa shape index (κ2) is 5.46. The van der Waals surface area contributed by atoms with E-state index in [0.717, 1.165) is 17.0 Å². The van der Waals surface area contributed by atoms with Crippen molar-refractivity contribution in [2.75, 3.05) is 19.0 Å². The average Bonchev–Trinajstić information content (AvgIpc) is 2.39. The number of benzene rings is 1. The van der Waals surface area contributed by atoms with E-state index in [0.29, 0.717) is 12.4 Å². The summed E-state index contributed by atoms with van der Waals surface area (Å²) in [6.45, 7) is 0.373. The number of hydrogen-bond donors (Lipinski definition) is 1. The molecule has 0 unspecified atom stereocenters. The van der Waals surface area contributed by atoms with Crippen LogP contribution in [0.4, 0.5) is 5.69 Å². The number of rotatable bonds is 4. The highest BCUT2D eigenvalue weighted by Crippen LogP contribution is 2.25. The van der Waals surface area contributed by atoms with E-state index in [1.165, 1.54) is 0 Å². The summed E-state index contributed by atoms with van der Waals surface area (Å²) in [5.41, 5.74) is 7.52. The molecule has 2 N–H and O–H groups in total. The SMILES string of the molecule is CN(C)c1cccc(Oc2nnccc2CN)c1. The van der Waals surface area contributed by atoms with Crippen molar-refractivity contribution in [3.8, 4) is 11.6 Å². The fourth-order valence-corrected chi connectivity index (χ4v) is 1.52. The molecule has 2 rings (SSSR count). The molecule has 0 aliphatic rings. The third kappa shape index (κ3) is 2.75. The lowest BCUT2D eigenvalue weighted by atomic mass is 10.3. The Morgan fingerprint density at radius 1 is 1.28 bits per heavy atom. The minimum absolute atomic E-state index is 0.373. The predicted molar refractivity (Wildman–Crippen MR) is 70.8 cm³/mol. The van der Waals surface area contributed by atoms with Gasteiger partial charge in [-0.05, 0) is 18.2 Å². The van der Waals surface area contributed by atoms with Gasteiger partial charge in [-0.1, -0.05) is 6.07 Å². The van der Waals surface area contributed by atoms with Gasteiger partial charge in [0.15, 0.2) is 0 Å². The van der Waals surface area contributed by atoms with Crippen molar-refractivity contribution in [2.45, 2.75) is 6.54 Å². The predicted octanol–water partition coefficient (Wildman–Crippen LogP) is 1.79. The fraction of sp³-hybridized carbons (Fsp3) is 0.231. The van der Waals surface area contributed by atoms with E-state index < -0.39 is 0 Å². The smallest absolute Gasteiger partial charge is 0.243 e. The Hall–Kier alpha value is -2.14. The zero-order valence-electron chi connectivity index (χ0n) is 10.5. The maximum atomic E-state index is 5.71. The lowest BCUT2D eigenvalue weighted by Gasteiger charge is -2.14. The molecule has 0 saturated heterocycles. The molecule has 0 aliphatic heterocycles. The summed E-state index contributed by atoms with van der Waals surface area (Å²) < 4.78 is 5.71. The van der Waals surface area contributed by atoms with Crippen LogP contribution in [0.3, 0.4) is 0 Å². The minimum atomic E-state index is 0.373. The molecule has 1 heterocycles. The van der Waals surface area contributed by atoms with Gasteiger partial charge in [0.05, 0.1) is 6.20 Å². The van der Waals surface area contributed by atoms with Crippen molar-refractivity contribution < 1.29 is 4.74 Å². The molecular weight excluding hydrogens is 228 g/mol. The van der Waals surface area contributed by atoms with Crippen LogP contribution in [-0.2, 0) is 6.54 Å². The van der Waals surface area contributed by atoms with Gasteiger partial charge >= 0.3 is 0 Å². The maximum absolute atomic E-state index is 5.71. The van der Waals surface area contributed by atoms with E-state index in [1.807, 2.05) is 43.3 Å². The highest BCUT2D eigenvalue weighted by Gasteiger charge is 2.06. The van der Waals surface area contributed by atoms with Crippen LogP contribution in [0, 0.1) is 0 Å². The van der Waals surface area contributed by atoms with Crippen molar-refractivity contribution in [3.05, 3.63) is 42.1 Å². The van der Waals surface area contributed by atoms with Crippen LogP contribution in [0.1, 0.15) is 5.56 Å². The van der Waals surface area contributed by atoms with Gasteiger partial charge in [0.2, 0.25) is 5.88 Å². The van der Waals surface area contributed by atoms with Crippen molar-refractivity contribution >= 4 is 5.69 Å². The average molecular weight is 244 g/mol. The van der Waals surface area contributed by atoms with Crippen LogP contribution in [0.2, 0.25) is 0 Å². The van der Waals surface area contributed by atoms with Gasteiger partial charge in [0.25, 0.3) is 0 Å². The summed E-state index contributed by atoms with van der Waals surface area (Å²) >= 11 is 0. The van der Waals surface area contributed by atoms with Crippen molar-refractivity contribution in [1.29, 1.82) is 0 Å². The topological polar surface area (TPSA) is 64.3 Å². The highest BCUT2D eigenvalue weighted by molar-refractivity contribution is 5.50. The quantitative estimate of drug-likeness (QED) is 0.888. The molecule has 1 aromatic heterocycles. The molecule has 0 amide bonds. The summed E-state index contributed by atoms with van der Waals surface area (Å²) in [6.07, 6.45) is 1.60. The molecule has 0 aliphatic carbocycles. The molecule has 1 aromatic carbocycles. The largest absolute Gasteiger partial charge is 0.437 e. The zero-order chi connectivity index (χ0) is 13.0. The van der Waals surface area contributed by atoms with Crippen molar-refractivity contribution in [2.24, 2.45) is 5.73 Å². The molecule has 2 aromatic rings. The Morgan fingerprint density at radius 3 is 2.83 bits per heavy atom. The third-order valence-corrected chi connectivity index (χ3v) is 2.53. The standard InChI is InChI=1S/C13H16N4O/c1-17(2)11-4-3-5-12(8-11)18-13-10(9-14)6-7-15-16-13/h3-8H,9,14H2,1-2H3. The molecule has 5 nitrogen and oxygen atoms in total. The van der Waals surface area contributed by atoms with Gasteiger partial charge < -0.3 is 15.4 Å². The first-order valence-electron chi connectivity index (χ1n) is 5.66. The van der Waals surface area contributed by atoms with Gasteiger partial charge in [0, 0.05) is 38.0 Å². The number of nitrogens with two attached hydrogens (primary N) is 1. The fourth-order valence-electron chi connectivity index (χ4n) is 1.52. The number of aromatic nitrogens is 2. The van der Waals surface area contributed by atoms with Crippen LogP contribution in [0.15, 0.2) is 36.5 Å². The van der Waals surface area contributed by atoms with Crippen LogP contribution < -0.4 is 15.4 Å². The Kier molecular flexibility index (Phi) is 3.74.